The number of aliphatic hydroxyl groups is 1. The Hall–Kier alpha value is -4.10. The molecule has 0 aliphatic carbocycles. The van der Waals surface area contributed by atoms with Crippen molar-refractivity contribution >= 4 is 17.4 Å². The summed E-state index contributed by atoms with van der Waals surface area (Å²) in [6, 6.07) is 21.6. The molecule has 1 atom stereocenters. The molecule has 7 nitrogen and oxygen atoms in total. The van der Waals surface area contributed by atoms with Crippen molar-refractivity contribution in [3.8, 4) is 11.5 Å². The topological polar surface area (TPSA) is 85.3 Å². The Morgan fingerprint density at radius 1 is 0.947 bits per heavy atom. The van der Waals surface area contributed by atoms with Gasteiger partial charge in [0, 0.05) is 25.8 Å². The Bertz CT molecular complexity index is 1300. The average molecular weight is 516 g/mol. The molecule has 1 fully saturated rings. The van der Waals surface area contributed by atoms with E-state index in [0.717, 1.165) is 11.1 Å². The summed E-state index contributed by atoms with van der Waals surface area (Å²) >= 11 is 0. The van der Waals surface area contributed by atoms with Gasteiger partial charge in [0.15, 0.2) is 11.5 Å². The van der Waals surface area contributed by atoms with E-state index in [1.165, 1.54) is 4.90 Å². The van der Waals surface area contributed by atoms with E-state index < -0.39 is 17.7 Å². The Labute approximate surface area is 223 Å². The van der Waals surface area contributed by atoms with Crippen LogP contribution in [0.25, 0.3) is 5.76 Å². The van der Waals surface area contributed by atoms with Gasteiger partial charge >= 0.3 is 0 Å². The third kappa shape index (κ3) is 5.89. The minimum atomic E-state index is -0.782. The lowest BCUT2D eigenvalue weighted by Gasteiger charge is -2.26. The molecule has 3 aromatic carbocycles. The molecule has 38 heavy (non-hydrogen) atoms. The second-order valence-corrected chi connectivity index (χ2v) is 9.12. The van der Waals surface area contributed by atoms with Crippen molar-refractivity contribution in [1.82, 2.24) is 4.90 Å². The van der Waals surface area contributed by atoms with Crippen LogP contribution in [-0.4, -0.2) is 48.6 Å². The zero-order chi connectivity index (χ0) is 27.1. The molecule has 1 saturated heterocycles. The van der Waals surface area contributed by atoms with E-state index in [1.54, 1.807) is 31.4 Å². The summed E-state index contributed by atoms with van der Waals surface area (Å²) in [5, 5.41) is 11.3. The number of ketones is 1. The zero-order valence-corrected chi connectivity index (χ0v) is 22.0. The number of Topliss-reactive ketones (excluding diaryl/α,β-unsaturated/α-hetero) is 1. The third-order valence-electron chi connectivity index (χ3n) is 6.43. The summed E-state index contributed by atoms with van der Waals surface area (Å²) in [7, 11) is 1.59. The molecular weight excluding hydrogens is 482 g/mol. The van der Waals surface area contributed by atoms with Crippen molar-refractivity contribution in [3.05, 3.63) is 101 Å². The number of hydrogen-bond acceptors (Lipinski definition) is 6. The lowest BCUT2D eigenvalue weighted by Crippen LogP contribution is -2.31. The highest BCUT2D eigenvalue weighted by molar-refractivity contribution is 6.46. The molecule has 7 heteroatoms. The SMILES string of the molecule is CCOc1cc(C2/C(=C(\O)c3ccc(C)cc3)C(=O)C(=O)N2CCCOC)ccc1OCc1ccccc1. The summed E-state index contributed by atoms with van der Waals surface area (Å²) in [6.07, 6.45) is 0.543. The van der Waals surface area contributed by atoms with E-state index in [-0.39, 0.29) is 11.3 Å². The standard InChI is InChI=1S/C31H33NO6/c1-4-37-26-19-24(15-16-25(26)38-20-22-9-6-5-7-10-22)28-27(29(33)23-13-11-21(2)12-14-23)30(34)31(35)32(28)17-8-18-36-3/h5-7,9-16,19,28,33H,4,8,17-18,20H2,1-3H3/b29-27+. The second kappa shape index (κ2) is 12.4. The first-order valence-electron chi connectivity index (χ1n) is 12.7. The van der Waals surface area contributed by atoms with Crippen molar-refractivity contribution in [2.75, 3.05) is 26.9 Å². The van der Waals surface area contributed by atoms with Gasteiger partial charge in [-0.15, -0.1) is 0 Å². The minimum Gasteiger partial charge on any atom is -0.507 e. The number of carbonyl (C=O) groups excluding carboxylic acids is 2. The maximum atomic E-state index is 13.3. The molecule has 1 amide bonds. The van der Waals surface area contributed by atoms with Crippen LogP contribution in [0.5, 0.6) is 11.5 Å². The van der Waals surface area contributed by atoms with Gasteiger partial charge in [0.25, 0.3) is 11.7 Å². The number of rotatable bonds is 11. The Balaban J connectivity index is 1.75. The number of aliphatic hydroxyl groups excluding tert-OH is 1. The number of likely N-dealkylation sites (tertiary alicyclic amines) is 1. The highest BCUT2D eigenvalue weighted by Crippen LogP contribution is 2.42. The van der Waals surface area contributed by atoms with Crippen molar-refractivity contribution in [2.24, 2.45) is 0 Å². The first kappa shape index (κ1) is 26.9. The summed E-state index contributed by atoms with van der Waals surface area (Å²) in [5.41, 5.74) is 3.21. The molecule has 1 unspecified atom stereocenters. The van der Waals surface area contributed by atoms with Crippen LogP contribution in [0.4, 0.5) is 0 Å². The highest BCUT2D eigenvalue weighted by atomic mass is 16.5. The molecule has 1 aliphatic rings. The van der Waals surface area contributed by atoms with Crippen molar-refractivity contribution in [3.63, 3.8) is 0 Å². The van der Waals surface area contributed by atoms with Crippen LogP contribution in [0.15, 0.2) is 78.4 Å². The maximum Gasteiger partial charge on any atom is 0.295 e. The lowest BCUT2D eigenvalue weighted by molar-refractivity contribution is -0.140. The Morgan fingerprint density at radius 3 is 2.37 bits per heavy atom. The van der Waals surface area contributed by atoms with E-state index >= 15 is 0 Å². The van der Waals surface area contributed by atoms with E-state index in [4.69, 9.17) is 14.2 Å². The summed E-state index contributed by atoms with van der Waals surface area (Å²) in [5.74, 6) is -0.520. The van der Waals surface area contributed by atoms with E-state index in [0.29, 0.717) is 55.4 Å². The average Bonchev–Trinajstić information content (AvgIpc) is 3.18. The number of nitrogens with zero attached hydrogens (tertiary/aromatic N) is 1. The van der Waals surface area contributed by atoms with Crippen LogP contribution in [0.2, 0.25) is 0 Å². The molecule has 4 rings (SSSR count). The predicted octanol–water partition coefficient (Wildman–Crippen LogP) is 5.43. The van der Waals surface area contributed by atoms with Crippen molar-refractivity contribution < 1.29 is 28.9 Å². The number of aryl methyl sites for hydroxylation is 1. The maximum absolute atomic E-state index is 13.3. The summed E-state index contributed by atoms with van der Waals surface area (Å²) in [4.78, 5) is 27.9. The highest BCUT2D eigenvalue weighted by Gasteiger charge is 2.46. The van der Waals surface area contributed by atoms with E-state index in [2.05, 4.69) is 0 Å². The van der Waals surface area contributed by atoms with Crippen molar-refractivity contribution in [1.29, 1.82) is 0 Å². The first-order chi connectivity index (χ1) is 18.4. The molecule has 1 N–H and O–H groups in total. The molecule has 1 aliphatic heterocycles. The van der Waals surface area contributed by atoms with Gasteiger partial charge in [-0.05, 0) is 43.5 Å². The lowest BCUT2D eigenvalue weighted by atomic mass is 9.94. The molecule has 3 aromatic rings. The van der Waals surface area contributed by atoms with Crippen LogP contribution in [0, 0.1) is 6.92 Å². The minimum absolute atomic E-state index is 0.0525. The van der Waals surface area contributed by atoms with Gasteiger partial charge < -0.3 is 24.2 Å². The molecular formula is C31H33NO6. The fraction of sp³-hybridized carbons (Fsp3) is 0.290. The number of hydrogen-bond donors (Lipinski definition) is 1. The van der Waals surface area contributed by atoms with Gasteiger partial charge in [-0.1, -0.05) is 66.2 Å². The zero-order valence-electron chi connectivity index (χ0n) is 22.0. The Morgan fingerprint density at radius 2 is 1.68 bits per heavy atom. The van der Waals surface area contributed by atoms with Gasteiger partial charge in [0.1, 0.15) is 12.4 Å². The van der Waals surface area contributed by atoms with Crippen LogP contribution < -0.4 is 9.47 Å². The molecule has 0 saturated carbocycles. The number of amides is 1. The number of benzene rings is 3. The smallest absolute Gasteiger partial charge is 0.295 e. The molecule has 0 bridgehead atoms. The largest absolute Gasteiger partial charge is 0.507 e. The number of methoxy groups -OCH3 is 1. The van der Waals surface area contributed by atoms with Gasteiger partial charge in [-0.3, -0.25) is 9.59 Å². The van der Waals surface area contributed by atoms with Crippen LogP contribution >= 0.6 is 0 Å². The normalized spacial score (nSPS) is 16.6. The van der Waals surface area contributed by atoms with E-state index in [9.17, 15) is 14.7 Å². The van der Waals surface area contributed by atoms with Crippen LogP contribution in [-0.2, 0) is 20.9 Å². The van der Waals surface area contributed by atoms with Gasteiger partial charge in [-0.2, -0.15) is 0 Å². The van der Waals surface area contributed by atoms with Gasteiger partial charge in [0.2, 0.25) is 0 Å². The summed E-state index contributed by atoms with van der Waals surface area (Å²) in [6.45, 7) is 5.32. The second-order valence-electron chi connectivity index (χ2n) is 9.12. The van der Waals surface area contributed by atoms with Crippen molar-refractivity contribution in [2.45, 2.75) is 32.9 Å². The quantitative estimate of drug-likeness (QED) is 0.159. The molecule has 0 radical (unpaired) electrons. The number of ether oxygens (including phenoxy) is 3. The number of carbonyl (C=O) groups is 2. The van der Waals surface area contributed by atoms with Gasteiger partial charge in [0.05, 0.1) is 18.2 Å². The fourth-order valence-corrected chi connectivity index (χ4v) is 4.52. The monoisotopic (exact) mass is 515 g/mol. The van der Waals surface area contributed by atoms with E-state index in [1.807, 2.05) is 62.4 Å². The predicted molar refractivity (Wildman–Crippen MR) is 145 cm³/mol. The van der Waals surface area contributed by atoms with Crippen LogP contribution in [0.1, 0.15) is 41.6 Å². The molecule has 0 aromatic heterocycles. The van der Waals surface area contributed by atoms with Gasteiger partial charge in [-0.25, -0.2) is 0 Å². The molecule has 198 valence electrons. The third-order valence-corrected chi connectivity index (χ3v) is 6.43. The van der Waals surface area contributed by atoms with Crippen LogP contribution in [0.3, 0.4) is 0 Å². The first-order valence-corrected chi connectivity index (χ1v) is 12.7. The fourth-order valence-electron chi connectivity index (χ4n) is 4.52. The Kier molecular flexibility index (Phi) is 8.81. The molecule has 1 heterocycles. The summed E-state index contributed by atoms with van der Waals surface area (Å²) < 4.78 is 17.1. The molecule has 0 spiro atoms.